The van der Waals surface area contributed by atoms with Gasteiger partial charge >= 0.3 is 5.97 Å². The van der Waals surface area contributed by atoms with Crippen molar-refractivity contribution in [2.45, 2.75) is 23.6 Å². The summed E-state index contributed by atoms with van der Waals surface area (Å²) >= 11 is 0. The number of Topliss-reactive ketones (excluding diaryl/α,β-unsaturated/α-hetero) is 1. The van der Waals surface area contributed by atoms with Crippen LogP contribution < -0.4 is 10.2 Å². The number of carbonyl (C=O) groups is 3. The minimum absolute atomic E-state index is 0.248. The number of benzene rings is 5. The fourth-order valence-electron chi connectivity index (χ4n) is 7.63. The van der Waals surface area contributed by atoms with Gasteiger partial charge in [-0.2, -0.15) is 0 Å². The number of hydrogen-bond acceptors (Lipinski definition) is 5. The third-order valence-corrected chi connectivity index (χ3v) is 9.56. The standard InChI is InChI=1S/C40H30N2O4/c43-36(27-15-4-1-5-16-27)35-34(38(44)46-37(28-17-6-2-7-18-28)29-19-8-3-9-20-29)40(30-21-11-12-22-31(30)41-39(40)45)33-25-24-26-14-10-13-23-32(26)42(33)35/h1-25,33-35,37H,(H,41,45)/t33-,34+,35+,40+/m1/s1. The van der Waals surface area contributed by atoms with E-state index in [1.807, 2.05) is 144 Å². The van der Waals surface area contributed by atoms with Crippen molar-refractivity contribution in [1.29, 1.82) is 0 Å². The lowest BCUT2D eigenvalue weighted by molar-refractivity contribution is -0.156. The van der Waals surface area contributed by atoms with Gasteiger partial charge in [-0.1, -0.05) is 140 Å². The largest absolute Gasteiger partial charge is 0.452 e. The molecule has 6 heteroatoms. The van der Waals surface area contributed by atoms with Crippen molar-refractivity contribution in [3.8, 4) is 0 Å². The van der Waals surface area contributed by atoms with E-state index in [9.17, 15) is 9.59 Å². The van der Waals surface area contributed by atoms with Crippen LogP contribution in [0.25, 0.3) is 6.08 Å². The number of ketones is 1. The lowest BCUT2D eigenvalue weighted by Gasteiger charge is -2.37. The van der Waals surface area contributed by atoms with Gasteiger partial charge in [0.05, 0.1) is 6.04 Å². The Morgan fingerprint density at radius 1 is 0.717 bits per heavy atom. The Morgan fingerprint density at radius 2 is 1.30 bits per heavy atom. The van der Waals surface area contributed by atoms with Crippen molar-refractivity contribution < 1.29 is 19.1 Å². The highest BCUT2D eigenvalue weighted by Gasteiger charge is 2.71. The second-order valence-corrected chi connectivity index (χ2v) is 11.9. The summed E-state index contributed by atoms with van der Waals surface area (Å²) in [5, 5.41) is 3.07. The highest BCUT2D eigenvalue weighted by atomic mass is 16.5. The number of ether oxygens (including phenoxy) is 1. The van der Waals surface area contributed by atoms with Gasteiger partial charge in [-0.05, 0) is 34.4 Å². The molecule has 1 fully saturated rings. The van der Waals surface area contributed by atoms with Crippen molar-refractivity contribution >= 4 is 35.1 Å². The molecule has 1 amide bonds. The number of amides is 1. The number of esters is 1. The SMILES string of the molecule is O=C(c1ccccc1)[C@@H]1[C@@H](C(=O)OC(c2ccccc2)c2ccccc2)[C@@]2(C(=O)Nc3ccccc32)[C@H]2C=Cc3ccccc3N12. The molecule has 0 unspecified atom stereocenters. The predicted molar refractivity (Wildman–Crippen MR) is 177 cm³/mol. The number of para-hydroxylation sites is 2. The zero-order valence-corrected chi connectivity index (χ0v) is 24.8. The summed E-state index contributed by atoms with van der Waals surface area (Å²) in [6.45, 7) is 0. The molecule has 1 N–H and O–H groups in total. The number of anilines is 2. The van der Waals surface area contributed by atoms with Crippen molar-refractivity contribution in [3.63, 3.8) is 0 Å². The molecule has 0 radical (unpaired) electrons. The molecule has 224 valence electrons. The van der Waals surface area contributed by atoms with Gasteiger partial charge in [-0.3, -0.25) is 14.4 Å². The molecule has 3 heterocycles. The molecule has 46 heavy (non-hydrogen) atoms. The monoisotopic (exact) mass is 602 g/mol. The normalized spacial score (nSPS) is 22.2. The second-order valence-electron chi connectivity index (χ2n) is 11.9. The maximum absolute atomic E-state index is 15.1. The maximum Gasteiger partial charge on any atom is 0.314 e. The van der Waals surface area contributed by atoms with Gasteiger partial charge in [0.15, 0.2) is 11.9 Å². The highest BCUT2D eigenvalue weighted by molar-refractivity contribution is 6.15. The molecule has 8 rings (SSSR count). The van der Waals surface area contributed by atoms with E-state index in [1.54, 1.807) is 12.1 Å². The van der Waals surface area contributed by atoms with Crippen LogP contribution in [0.2, 0.25) is 0 Å². The van der Waals surface area contributed by atoms with Gasteiger partial charge in [-0.25, -0.2) is 0 Å². The average molecular weight is 603 g/mol. The summed E-state index contributed by atoms with van der Waals surface area (Å²) in [7, 11) is 0. The van der Waals surface area contributed by atoms with Gasteiger partial charge in [0, 0.05) is 16.9 Å². The van der Waals surface area contributed by atoms with Gasteiger partial charge in [-0.15, -0.1) is 0 Å². The number of rotatable bonds is 6. The van der Waals surface area contributed by atoms with E-state index in [0.29, 0.717) is 16.8 Å². The van der Waals surface area contributed by atoms with E-state index in [4.69, 9.17) is 4.74 Å². The third kappa shape index (κ3) is 4.14. The Labute approximate surface area is 267 Å². The Morgan fingerprint density at radius 3 is 2.00 bits per heavy atom. The first-order valence-corrected chi connectivity index (χ1v) is 15.4. The smallest absolute Gasteiger partial charge is 0.314 e. The maximum atomic E-state index is 15.1. The minimum atomic E-state index is -1.44. The number of fused-ring (bicyclic) bond motifs is 6. The van der Waals surface area contributed by atoms with Crippen LogP contribution in [0.1, 0.15) is 38.7 Å². The molecule has 0 saturated carbocycles. The molecule has 0 aliphatic carbocycles. The first-order valence-electron chi connectivity index (χ1n) is 15.4. The molecular formula is C40H30N2O4. The van der Waals surface area contributed by atoms with Crippen molar-refractivity contribution in [3.05, 3.63) is 173 Å². The molecule has 5 aromatic carbocycles. The van der Waals surface area contributed by atoms with Crippen molar-refractivity contribution in [1.82, 2.24) is 0 Å². The van der Waals surface area contributed by atoms with Gasteiger partial charge < -0.3 is 15.0 Å². The van der Waals surface area contributed by atoms with Crippen LogP contribution in [0.5, 0.6) is 0 Å². The fourth-order valence-corrected chi connectivity index (χ4v) is 7.63. The highest BCUT2D eigenvalue weighted by Crippen LogP contribution is 2.58. The quantitative estimate of drug-likeness (QED) is 0.168. The van der Waals surface area contributed by atoms with E-state index < -0.39 is 35.5 Å². The number of carbonyl (C=O) groups excluding carboxylic acids is 3. The number of hydrogen-bond donors (Lipinski definition) is 1. The number of nitrogens with zero attached hydrogens (tertiary/aromatic N) is 1. The van der Waals surface area contributed by atoms with Crippen molar-refractivity contribution in [2.75, 3.05) is 10.2 Å². The first-order chi connectivity index (χ1) is 22.6. The fraction of sp³-hybridized carbons (Fsp3) is 0.125. The topological polar surface area (TPSA) is 75.7 Å². The summed E-state index contributed by atoms with van der Waals surface area (Å²) < 4.78 is 6.55. The lowest BCUT2D eigenvalue weighted by atomic mass is 9.66. The van der Waals surface area contributed by atoms with E-state index >= 15 is 4.79 Å². The Hall–Kier alpha value is -5.75. The Kier molecular flexibility index (Phi) is 6.64. The molecule has 4 atom stereocenters. The third-order valence-electron chi connectivity index (χ3n) is 9.56. The van der Waals surface area contributed by atoms with E-state index in [-0.39, 0.29) is 11.7 Å². The first kappa shape index (κ1) is 27.8. The molecule has 6 nitrogen and oxygen atoms in total. The zero-order chi connectivity index (χ0) is 31.3. The molecule has 3 aliphatic rings. The molecule has 0 aromatic heterocycles. The van der Waals surface area contributed by atoms with Crippen LogP contribution in [0.4, 0.5) is 11.4 Å². The Balaban J connectivity index is 1.36. The molecule has 5 aromatic rings. The lowest BCUT2D eigenvalue weighted by Crippen LogP contribution is -2.51. The van der Waals surface area contributed by atoms with Crippen LogP contribution in [0, 0.1) is 5.92 Å². The molecule has 0 bridgehead atoms. The zero-order valence-electron chi connectivity index (χ0n) is 24.8. The molecular weight excluding hydrogens is 572 g/mol. The van der Waals surface area contributed by atoms with E-state index in [0.717, 1.165) is 22.4 Å². The summed E-state index contributed by atoms with van der Waals surface area (Å²) in [6, 6.07) is 41.7. The predicted octanol–water partition coefficient (Wildman–Crippen LogP) is 6.99. The molecule has 1 spiro atoms. The second kappa shape index (κ2) is 11.0. The van der Waals surface area contributed by atoms with Crippen LogP contribution in [0.15, 0.2) is 146 Å². The van der Waals surface area contributed by atoms with Crippen molar-refractivity contribution in [2.24, 2.45) is 5.92 Å². The molecule has 1 saturated heterocycles. The van der Waals surface area contributed by atoms with Gasteiger partial charge in [0.1, 0.15) is 17.4 Å². The summed E-state index contributed by atoms with van der Waals surface area (Å²) in [5.41, 5.74) is 3.62. The number of nitrogens with one attached hydrogen (secondary N) is 1. The Bertz CT molecular complexity index is 1950. The summed E-state index contributed by atoms with van der Waals surface area (Å²) in [5.74, 6) is -2.37. The van der Waals surface area contributed by atoms with Crippen LogP contribution in [0.3, 0.4) is 0 Å². The average Bonchev–Trinajstić information content (AvgIpc) is 3.60. The molecule has 3 aliphatic heterocycles. The van der Waals surface area contributed by atoms with Gasteiger partial charge in [0.2, 0.25) is 5.91 Å². The van der Waals surface area contributed by atoms with Crippen LogP contribution in [-0.4, -0.2) is 29.7 Å². The minimum Gasteiger partial charge on any atom is -0.452 e. The summed E-state index contributed by atoms with van der Waals surface area (Å²) in [6.07, 6.45) is 3.20. The van der Waals surface area contributed by atoms with Crippen LogP contribution in [-0.2, 0) is 19.7 Å². The van der Waals surface area contributed by atoms with Gasteiger partial charge in [0.25, 0.3) is 0 Å². The summed E-state index contributed by atoms with van der Waals surface area (Å²) in [4.78, 5) is 46.5. The van der Waals surface area contributed by atoms with E-state index in [2.05, 4.69) is 5.32 Å². The van der Waals surface area contributed by atoms with Crippen LogP contribution >= 0.6 is 0 Å². The van der Waals surface area contributed by atoms with E-state index in [1.165, 1.54) is 0 Å².